The van der Waals surface area contributed by atoms with Gasteiger partial charge in [-0.15, -0.1) is 0 Å². The van der Waals surface area contributed by atoms with Gasteiger partial charge in [0.25, 0.3) is 5.69 Å². The number of nitro groups is 1. The van der Waals surface area contributed by atoms with Gasteiger partial charge in [0, 0.05) is 29.7 Å². The zero-order valence-corrected chi connectivity index (χ0v) is 13.1. The van der Waals surface area contributed by atoms with Crippen molar-refractivity contribution in [3.8, 4) is 22.7 Å². The minimum atomic E-state index is -0.403. The number of benzene rings is 2. The topological polar surface area (TPSA) is 70.2 Å². The fourth-order valence-electron chi connectivity index (χ4n) is 2.99. The van der Waals surface area contributed by atoms with E-state index in [1.54, 1.807) is 12.1 Å². The lowest BCUT2D eigenvalue weighted by molar-refractivity contribution is -0.384. The highest BCUT2D eigenvalue weighted by atomic mass is 16.6. The lowest BCUT2D eigenvalue weighted by Crippen LogP contribution is -2.00. The Balaban J connectivity index is 1.89. The summed E-state index contributed by atoms with van der Waals surface area (Å²) in [6.07, 6.45) is 2.62. The van der Waals surface area contributed by atoms with Crippen LogP contribution in [0.15, 0.2) is 48.7 Å². The maximum Gasteiger partial charge on any atom is 0.269 e. The standard InChI is InChI=1S/C18H15N3O3/c1-12-2-7-17-16(10-12)18-13(8-9-24-17)11-19-20(18)14-3-5-15(6-4-14)21(22)23/h2-7,10-11H,8-9H2,1H3. The molecule has 6 heteroatoms. The summed E-state index contributed by atoms with van der Waals surface area (Å²) >= 11 is 0. The predicted octanol–water partition coefficient (Wildman–Crippen LogP) is 3.69. The van der Waals surface area contributed by atoms with Crippen LogP contribution in [0.2, 0.25) is 0 Å². The Labute approximate surface area is 138 Å². The average Bonchev–Trinajstić information content (AvgIpc) is 2.92. The molecule has 0 radical (unpaired) electrons. The van der Waals surface area contributed by atoms with Crippen LogP contribution in [-0.4, -0.2) is 21.3 Å². The third-order valence-electron chi connectivity index (χ3n) is 4.17. The number of rotatable bonds is 2. The number of hydrogen-bond donors (Lipinski definition) is 0. The van der Waals surface area contributed by atoms with Crippen LogP contribution in [0.1, 0.15) is 11.1 Å². The number of aryl methyl sites for hydroxylation is 1. The van der Waals surface area contributed by atoms with Gasteiger partial charge in [-0.1, -0.05) is 11.6 Å². The maximum absolute atomic E-state index is 10.8. The van der Waals surface area contributed by atoms with Crippen molar-refractivity contribution in [2.75, 3.05) is 6.61 Å². The van der Waals surface area contributed by atoms with Gasteiger partial charge in [-0.2, -0.15) is 5.10 Å². The first-order chi connectivity index (χ1) is 11.6. The number of nitro benzene ring substituents is 1. The summed E-state index contributed by atoms with van der Waals surface area (Å²) in [6.45, 7) is 2.65. The quantitative estimate of drug-likeness (QED) is 0.533. The zero-order valence-electron chi connectivity index (χ0n) is 13.1. The Morgan fingerprint density at radius 3 is 2.75 bits per heavy atom. The van der Waals surface area contributed by atoms with E-state index in [-0.39, 0.29) is 5.69 Å². The van der Waals surface area contributed by atoms with E-state index in [0.717, 1.165) is 40.2 Å². The van der Waals surface area contributed by atoms with Crippen molar-refractivity contribution in [3.63, 3.8) is 0 Å². The monoisotopic (exact) mass is 321 g/mol. The van der Waals surface area contributed by atoms with Crippen molar-refractivity contribution in [1.82, 2.24) is 9.78 Å². The fourth-order valence-corrected chi connectivity index (χ4v) is 2.99. The van der Waals surface area contributed by atoms with Crippen molar-refractivity contribution >= 4 is 5.69 Å². The normalized spacial score (nSPS) is 12.7. The third kappa shape index (κ3) is 2.32. The Kier molecular flexibility index (Phi) is 3.30. The van der Waals surface area contributed by atoms with Gasteiger partial charge in [0.05, 0.1) is 29.1 Å². The molecule has 6 nitrogen and oxygen atoms in total. The molecule has 1 aromatic heterocycles. The molecule has 120 valence electrons. The highest BCUT2D eigenvalue weighted by Crippen LogP contribution is 2.37. The van der Waals surface area contributed by atoms with Crippen LogP contribution in [0.25, 0.3) is 16.9 Å². The van der Waals surface area contributed by atoms with Gasteiger partial charge in [-0.05, 0) is 31.2 Å². The minimum Gasteiger partial charge on any atom is -0.493 e. The molecular weight excluding hydrogens is 306 g/mol. The average molecular weight is 321 g/mol. The molecule has 0 aliphatic carbocycles. The van der Waals surface area contributed by atoms with Crippen LogP contribution >= 0.6 is 0 Å². The van der Waals surface area contributed by atoms with Gasteiger partial charge >= 0.3 is 0 Å². The van der Waals surface area contributed by atoms with Crippen LogP contribution < -0.4 is 4.74 Å². The number of nitrogens with zero attached hydrogens (tertiary/aromatic N) is 3. The SMILES string of the molecule is Cc1ccc2c(c1)-c1c(cnn1-c1ccc([N+](=O)[O-])cc1)CCO2. The summed E-state index contributed by atoms with van der Waals surface area (Å²) in [7, 11) is 0. The second-order valence-electron chi connectivity index (χ2n) is 5.80. The molecule has 0 saturated carbocycles. The zero-order chi connectivity index (χ0) is 16.7. The number of aromatic nitrogens is 2. The molecule has 24 heavy (non-hydrogen) atoms. The van der Waals surface area contributed by atoms with E-state index in [4.69, 9.17) is 4.74 Å². The van der Waals surface area contributed by atoms with Crippen molar-refractivity contribution < 1.29 is 9.66 Å². The van der Waals surface area contributed by atoms with Crippen molar-refractivity contribution in [2.24, 2.45) is 0 Å². The van der Waals surface area contributed by atoms with Crippen molar-refractivity contribution in [2.45, 2.75) is 13.3 Å². The second-order valence-corrected chi connectivity index (χ2v) is 5.80. The molecule has 0 N–H and O–H groups in total. The van der Waals surface area contributed by atoms with E-state index in [0.29, 0.717) is 6.61 Å². The number of hydrogen-bond acceptors (Lipinski definition) is 4. The highest BCUT2D eigenvalue weighted by molar-refractivity contribution is 5.73. The first kappa shape index (κ1) is 14.4. The Bertz CT molecular complexity index is 929. The molecule has 0 bridgehead atoms. The van der Waals surface area contributed by atoms with E-state index in [1.165, 1.54) is 12.1 Å². The molecule has 2 heterocycles. The summed E-state index contributed by atoms with van der Waals surface area (Å²) < 4.78 is 7.68. The minimum absolute atomic E-state index is 0.0663. The van der Waals surface area contributed by atoms with Crippen LogP contribution in [0, 0.1) is 17.0 Å². The lowest BCUT2D eigenvalue weighted by atomic mass is 10.0. The fraction of sp³-hybridized carbons (Fsp3) is 0.167. The van der Waals surface area contributed by atoms with Crippen LogP contribution in [0.4, 0.5) is 5.69 Å². The van der Waals surface area contributed by atoms with E-state index in [9.17, 15) is 10.1 Å². The van der Waals surface area contributed by atoms with Gasteiger partial charge in [0.1, 0.15) is 5.75 Å². The van der Waals surface area contributed by atoms with E-state index >= 15 is 0 Å². The smallest absolute Gasteiger partial charge is 0.269 e. The summed E-state index contributed by atoms with van der Waals surface area (Å²) in [5.41, 5.74) is 5.09. The van der Waals surface area contributed by atoms with E-state index < -0.39 is 4.92 Å². The van der Waals surface area contributed by atoms with Crippen LogP contribution in [0.5, 0.6) is 5.75 Å². The highest BCUT2D eigenvalue weighted by Gasteiger charge is 2.21. The summed E-state index contributed by atoms with van der Waals surface area (Å²) in [6, 6.07) is 12.5. The molecular formula is C18H15N3O3. The molecule has 1 aliphatic rings. The maximum atomic E-state index is 10.8. The Hall–Kier alpha value is -3.15. The Morgan fingerprint density at radius 1 is 1.21 bits per heavy atom. The van der Waals surface area contributed by atoms with Gasteiger partial charge in [-0.3, -0.25) is 10.1 Å². The number of ether oxygens (including phenoxy) is 1. The third-order valence-corrected chi connectivity index (χ3v) is 4.17. The molecule has 4 rings (SSSR count). The number of fused-ring (bicyclic) bond motifs is 3. The molecule has 0 spiro atoms. The molecule has 3 aromatic rings. The number of non-ortho nitro benzene ring substituents is 1. The van der Waals surface area contributed by atoms with Crippen molar-refractivity contribution in [1.29, 1.82) is 0 Å². The van der Waals surface area contributed by atoms with Crippen molar-refractivity contribution in [3.05, 3.63) is 69.9 Å². The van der Waals surface area contributed by atoms with Gasteiger partial charge in [-0.25, -0.2) is 4.68 Å². The first-order valence-electron chi connectivity index (χ1n) is 7.69. The van der Waals surface area contributed by atoms with E-state index in [1.807, 2.05) is 29.9 Å². The first-order valence-corrected chi connectivity index (χ1v) is 7.69. The Morgan fingerprint density at radius 2 is 2.00 bits per heavy atom. The predicted molar refractivity (Wildman–Crippen MR) is 89.6 cm³/mol. The lowest BCUT2D eigenvalue weighted by Gasteiger charge is -2.12. The van der Waals surface area contributed by atoms with Gasteiger partial charge in [0.2, 0.25) is 0 Å². The van der Waals surface area contributed by atoms with Gasteiger partial charge in [0.15, 0.2) is 0 Å². The van der Waals surface area contributed by atoms with Crippen LogP contribution in [0.3, 0.4) is 0 Å². The van der Waals surface area contributed by atoms with E-state index in [2.05, 4.69) is 11.2 Å². The molecule has 1 aliphatic heterocycles. The van der Waals surface area contributed by atoms with Gasteiger partial charge < -0.3 is 4.74 Å². The molecule has 0 amide bonds. The molecule has 0 atom stereocenters. The second kappa shape index (κ2) is 5.49. The molecule has 0 saturated heterocycles. The molecule has 0 fully saturated rings. The summed E-state index contributed by atoms with van der Waals surface area (Å²) in [4.78, 5) is 10.4. The van der Waals surface area contributed by atoms with Crippen LogP contribution in [-0.2, 0) is 6.42 Å². The molecule has 0 unspecified atom stereocenters. The largest absolute Gasteiger partial charge is 0.493 e. The molecule has 2 aromatic carbocycles. The summed E-state index contributed by atoms with van der Waals surface area (Å²) in [5.74, 6) is 0.836. The summed E-state index contributed by atoms with van der Waals surface area (Å²) in [5, 5.41) is 15.3.